The van der Waals surface area contributed by atoms with E-state index in [1.807, 2.05) is 35.2 Å². The first kappa shape index (κ1) is 17.1. The van der Waals surface area contributed by atoms with Gasteiger partial charge in [-0.1, -0.05) is 18.2 Å². The summed E-state index contributed by atoms with van der Waals surface area (Å²) in [5, 5.41) is 0. The lowest BCUT2D eigenvalue weighted by Crippen LogP contribution is -2.44. The van der Waals surface area contributed by atoms with Gasteiger partial charge in [-0.3, -0.25) is 4.79 Å². The third kappa shape index (κ3) is 3.46. The van der Waals surface area contributed by atoms with Crippen molar-refractivity contribution in [3.05, 3.63) is 48.2 Å². The highest BCUT2D eigenvalue weighted by Crippen LogP contribution is 2.39. The molecule has 2 aliphatic heterocycles. The van der Waals surface area contributed by atoms with E-state index in [4.69, 9.17) is 13.9 Å². The van der Waals surface area contributed by atoms with Gasteiger partial charge >= 0.3 is 0 Å². The molecule has 1 amide bonds. The fourth-order valence-electron chi connectivity index (χ4n) is 3.98. The maximum Gasteiger partial charge on any atom is 0.275 e. The predicted octanol–water partition coefficient (Wildman–Crippen LogP) is 3.07. The number of hydrogen-bond donors (Lipinski definition) is 0. The van der Waals surface area contributed by atoms with Gasteiger partial charge in [-0.25, -0.2) is 4.98 Å². The minimum atomic E-state index is -0.325. The monoisotopic (exact) mass is 356 g/mol. The van der Waals surface area contributed by atoms with Crippen LogP contribution in [0.5, 0.6) is 5.75 Å². The average molecular weight is 356 g/mol. The van der Waals surface area contributed by atoms with Crippen molar-refractivity contribution in [1.82, 2.24) is 9.88 Å². The molecule has 2 aliphatic rings. The van der Waals surface area contributed by atoms with Crippen LogP contribution in [0.4, 0.5) is 0 Å². The second-order valence-corrected chi connectivity index (χ2v) is 7.46. The van der Waals surface area contributed by atoms with Crippen LogP contribution in [0.15, 0.2) is 41.0 Å². The summed E-state index contributed by atoms with van der Waals surface area (Å²) in [5.74, 6) is 1.63. The molecule has 3 atom stereocenters. The maximum absolute atomic E-state index is 12.6. The summed E-state index contributed by atoms with van der Waals surface area (Å²) in [5.41, 5.74) is 0.0596. The van der Waals surface area contributed by atoms with Crippen LogP contribution in [0.3, 0.4) is 0 Å². The lowest BCUT2D eigenvalue weighted by atomic mass is 9.89. The summed E-state index contributed by atoms with van der Waals surface area (Å²) in [6, 6.07) is 9.79. The first-order valence-corrected chi connectivity index (χ1v) is 9.09. The number of ether oxygens (including phenoxy) is 2. The third-order valence-electron chi connectivity index (χ3n) is 5.21. The van der Waals surface area contributed by atoms with Crippen molar-refractivity contribution < 1.29 is 18.7 Å². The van der Waals surface area contributed by atoms with E-state index in [1.165, 1.54) is 6.26 Å². The lowest BCUT2D eigenvalue weighted by molar-refractivity contribution is -0.0675. The van der Waals surface area contributed by atoms with E-state index in [-0.39, 0.29) is 17.6 Å². The van der Waals surface area contributed by atoms with Gasteiger partial charge in [-0.05, 0) is 31.9 Å². The van der Waals surface area contributed by atoms with E-state index in [2.05, 4.69) is 11.9 Å². The molecule has 1 aromatic heterocycles. The largest absolute Gasteiger partial charge is 0.491 e. The van der Waals surface area contributed by atoms with Crippen molar-refractivity contribution >= 4 is 5.91 Å². The molecule has 0 radical (unpaired) electrons. The Kier molecular flexibility index (Phi) is 4.44. The number of carbonyl (C=O) groups is 1. The van der Waals surface area contributed by atoms with Gasteiger partial charge in [0.1, 0.15) is 24.2 Å². The van der Waals surface area contributed by atoms with Gasteiger partial charge in [0.15, 0.2) is 11.6 Å². The number of para-hydroxylation sites is 1. The number of likely N-dealkylation sites (tertiary alicyclic amines) is 1. The Balaban J connectivity index is 1.37. The molecule has 0 bridgehead atoms. The van der Waals surface area contributed by atoms with Crippen molar-refractivity contribution in [1.29, 1.82) is 0 Å². The summed E-state index contributed by atoms with van der Waals surface area (Å²) in [6.45, 7) is 5.73. The van der Waals surface area contributed by atoms with Crippen molar-refractivity contribution in [2.24, 2.45) is 5.92 Å². The molecule has 26 heavy (non-hydrogen) atoms. The lowest BCUT2D eigenvalue weighted by Gasteiger charge is -2.33. The van der Waals surface area contributed by atoms with Crippen molar-refractivity contribution in [3.8, 4) is 5.75 Å². The normalized spacial score (nSPS) is 28.0. The second kappa shape index (κ2) is 6.76. The van der Waals surface area contributed by atoms with E-state index in [0.29, 0.717) is 37.2 Å². The molecule has 2 saturated heterocycles. The molecule has 138 valence electrons. The van der Waals surface area contributed by atoms with Gasteiger partial charge in [-0.2, -0.15) is 0 Å². The zero-order chi connectivity index (χ0) is 18.1. The molecule has 2 fully saturated rings. The molecule has 0 aliphatic carbocycles. The molecule has 0 unspecified atom stereocenters. The maximum atomic E-state index is 12.6. The third-order valence-corrected chi connectivity index (χ3v) is 5.21. The first-order valence-electron chi connectivity index (χ1n) is 9.09. The SMILES string of the molecule is Cc1nc(C(=O)N2CC[C@@H]3O[C@@](C)(COc4ccccc4)C[C@@H]3C2)co1. The predicted molar refractivity (Wildman–Crippen MR) is 95.1 cm³/mol. The summed E-state index contributed by atoms with van der Waals surface area (Å²) < 4.78 is 17.4. The molecule has 6 heteroatoms. The van der Waals surface area contributed by atoms with Gasteiger partial charge in [0, 0.05) is 25.9 Å². The van der Waals surface area contributed by atoms with Crippen LogP contribution in [-0.2, 0) is 4.74 Å². The highest BCUT2D eigenvalue weighted by atomic mass is 16.6. The van der Waals surface area contributed by atoms with Crippen molar-refractivity contribution in [2.75, 3.05) is 19.7 Å². The Labute approximate surface area is 153 Å². The number of amides is 1. The Bertz CT molecular complexity index is 775. The molecular weight excluding hydrogens is 332 g/mol. The van der Waals surface area contributed by atoms with Gasteiger partial charge in [0.05, 0.1) is 6.10 Å². The van der Waals surface area contributed by atoms with Gasteiger partial charge in [-0.15, -0.1) is 0 Å². The van der Waals surface area contributed by atoms with Crippen LogP contribution in [0, 0.1) is 12.8 Å². The fourth-order valence-corrected chi connectivity index (χ4v) is 3.98. The number of aryl methyl sites for hydroxylation is 1. The zero-order valence-corrected chi connectivity index (χ0v) is 15.2. The van der Waals surface area contributed by atoms with Crippen LogP contribution in [0.25, 0.3) is 0 Å². The molecule has 4 rings (SSSR count). The Morgan fingerprint density at radius 1 is 1.38 bits per heavy atom. The molecular formula is C20H24N2O4. The van der Waals surface area contributed by atoms with E-state index < -0.39 is 0 Å². The molecule has 1 aromatic carbocycles. The van der Waals surface area contributed by atoms with Gasteiger partial charge in [0.25, 0.3) is 5.91 Å². The van der Waals surface area contributed by atoms with Crippen LogP contribution in [0.2, 0.25) is 0 Å². The zero-order valence-electron chi connectivity index (χ0n) is 15.2. The first-order chi connectivity index (χ1) is 12.5. The smallest absolute Gasteiger partial charge is 0.275 e. The number of carbonyl (C=O) groups excluding carboxylic acids is 1. The number of oxazole rings is 1. The Morgan fingerprint density at radius 3 is 2.92 bits per heavy atom. The van der Waals surface area contributed by atoms with Crippen molar-refractivity contribution in [2.45, 2.75) is 38.4 Å². The van der Waals surface area contributed by atoms with E-state index in [1.54, 1.807) is 6.92 Å². The van der Waals surface area contributed by atoms with Gasteiger partial charge < -0.3 is 18.8 Å². The van der Waals surface area contributed by atoms with Gasteiger partial charge in [0.2, 0.25) is 0 Å². The standard InChI is InChI=1S/C20H24N2O4/c1-14-21-17(12-24-14)19(23)22-9-8-18-15(11-22)10-20(2,26-18)13-25-16-6-4-3-5-7-16/h3-7,12,15,18H,8-11,13H2,1-2H3/t15-,18+,20-/m1/s1. The highest BCUT2D eigenvalue weighted by Gasteiger charge is 2.47. The second-order valence-electron chi connectivity index (χ2n) is 7.46. The number of fused-ring (bicyclic) bond motifs is 1. The van der Waals surface area contributed by atoms with Crippen molar-refractivity contribution in [3.63, 3.8) is 0 Å². The van der Waals surface area contributed by atoms with Crippen LogP contribution >= 0.6 is 0 Å². The summed E-state index contributed by atoms with van der Waals surface area (Å²) in [4.78, 5) is 18.6. The topological polar surface area (TPSA) is 64.8 Å². The van der Waals surface area contributed by atoms with Crippen LogP contribution < -0.4 is 4.74 Å². The highest BCUT2D eigenvalue weighted by molar-refractivity contribution is 5.92. The number of nitrogens with zero attached hydrogens (tertiary/aromatic N) is 2. The van der Waals surface area contributed by atoms with Crippen LogP contribution in [0.1, 0.15) is 36.1 Å². The Hall–Kier alpha value is -2.34. The van der Waals surface area contributed by atoms with E-state index in [0.717, 1.165) is 18.6 Å². The summed E-state index contributed by atoms with van der Waals surface area (Å²) in [6.07, 6.45) is 3.34. The number of aromatic nitrogens is 1. The quantitative estimate of drug-likeness (QED) is 0.842. The molecule has 6 nitrogen and oxygen atoms in total. The summed E-state index contributed by atoms with van der Waals surface area (Å²) in [7, 11) is 0. The van der Waals surface area contributed by atoms with E-state index in [9.17, 15) is 4.79 Å². The summed E-state index contributed by atoms with van der Waals surface area (Å²) >= 11 is 0. The van der Waals surface area contributed by atoms with Crippen LogP contribution in [-0.4, -0.2) is 47.2 Å². The Morgan fingerprint density at radius 2 is 2.19 bits per heavy atom. The number of benzene rings is 1. The minimum absolute atomic E-state index is 0.0607. The molecule has 2 aromatic rings. The molecule has 3 heterocycles. The minimum Gasteiger partial charge on any atom is -0.491 e. The van der Waals surface area contributed by atoms with E-state index >= 15 is 0 Å². The molecule has 0 N–H and O–H groups in total. The fraction of sp³-hybridized carbons (Fsp3) is 0.500. The number of rotatable bonds is 4. The average Bonchev–Trinajstić information content (AvgIpc) is 3.22. The number of hydrogen-bond acceptors (Lipinski definition) is 5. The number of piperidine rings is 1. The molecule has 0 spiro atoms. The molecule has 0 saturated carbocycles.